The van der Waals surface area contributed by atoms with Crippen LogP contribution < -0.4 is 14.4 Å². The van der Waals surface area contributed by atoms with Crippen molar-refractivity contribution in [3.8, 4) is 11.5 Å². The fraction of sp³-hybridized carbons (Fsp3) is 0.333. The molecular weight excluding hydrogens is 464 g/mol. The summed E-state index contributed by atoms with van der Waals surface area (Å²) in [6.07, 6.45) is 2.81. The normalized spacial score (nSPS) is 15.5. The summed E-state index contributed by atoms with van der Waals surface area (Å²) < 4.78 is 17.3. The Morgan fingerprint density at radius 3 is 2.38 bits per heavy atom. The minimum atomic E-state index is -1.82. The van der Waals surface area contributed by atoms with E-state index in [9.17, 15) is 0 Å². The van der Waals surface area contributed by atoms with Gasteiger partial charge < -0.3 is 29.0 Å². The summed E-state index contributed by atoms with van der Waals surface area (Å²) in [6.45, 7) is 6.28. The van der Waals surface area contributed by atoms with Crippen LogP contribution >= 0.6 is 11.6 Å². The van der Waals surface area contributed by atoms with Crippen LogP contribution in [0.25, 0.3) is 11.0 Å². The van der Waals surface area contributed by atoms with Gasteiger partial charge in [-0.15, -0.1) is 0 Å². The van der Waals surface area contributed by atoms with E-state index in [0.717, 1.165) is 67.3 Å². The number of halogens is 1. The number of hydrogen-bond donors (Lipinski definition) is 2. The Balaban J connectivity index is 0.000000408. The van der Waals surface area contributed by atoms with E-state index in [2.05, 4.69) is 21.9 Å². The molecule has 2 aliphatic rings. The van der Waals surface area contributed by atoms with Crippen molar-refractivity contribution in [2.75, 3.05) is 50.8 Å². The Morgan fingerprint density at radius 1 is 0.941 bits per heavy atom. The van der Waals surface area contributed by atoms with Gasteiger partial charge in [-0.2, -0.15) is 0 Å². The summed E-state index contributed by atoms with van der Waals surface area (Å²) in [6, 6.07) is 12.1. The molecule has 0 bridgehead atoms. The first kappa shape index (κ1) is 23.7. The van der Waals surface area contributed by atoms with Gasteiger partial charge in [-0.1, -0.05) is 29.8 Å². The molecule has 9 nitrogen and oxygen atoms in total. The Bertz CT molecular complexity index is 1160. The number of hydrogen-bond acceptors (Lipinski definition) is 7. The highest BCUT2D eigenvalue weighted by molar-refractivity contribution is 6.34. The SMILES string of the molecule is Clc1cccc2c(CCN3CCN(c4cccc5c4OCCO5)CC3)coc12.O=C(O)C(=O)O. The number of piperazine rings is 1. The second kappa shape index (κ2) is 10.7. The van der Waals surface area contributed by atoms with Gasteiger partial charge in [-0.3, -0.25) is 4.90 Å². The number of fused-ring (bicyclic) bond motifs is 2. The number of furan rings is 1. The van der Waals surface area contributed by atoms with Gasteiger partial charge in [-0.05, 0) is 30.2 Å². The molecular formula is C24H25ClN2O7. The molecule has 1 aromatic heterocycles. The molecule has 0 spiro atoms. The van der Waals surface area contributed by atoms with Crippen LogP contribution in [0.5, 0.6) is 11.5 Å². The summed E-state index contributed by atoms with van der Waals surface area (Å²) in [5.41, 5.74) is 3.16. The van der Waals surface area contributed by atoms with Crippen LogP contribution in [0.2, 0.25) is 5.02 Å². The molecule has 2 N–H and O–H groups in total. The van der Waals surface area contributed by atoms with Gasteiger partial charge in [0.05, 0.1) is 17.0 Å². The molecule has 0 amide bonds. The van der Waals surface area contributed by atoms with Crippen molar-refractivity contribution in [1.82, 2.24) is 4.90 Å². The number of nitrogens with zero attached hydrogens (tertiary/aromatic N) is 2. The molecule has 0 aliphatic carbocycles. The monoisotopic (exact) mass is 488 g/mol. The number of carboxylic acids is 2. The smallest absolute Gasteiger partial charge is 0.414 e. The molecule has 10 heteroatoms. The summed E-state index contributed by atoms with van der Waals surface area (Å²) in [7, 11) is 0. The van der Waals surface area contributed by atoms with Crippen molar-refractivity contribution < 1.29 is 33.7 Å². The lowest BCUT2D eigenvalue weighted by Gasteiger charge is -2.37. The topological polar surface area (TPSA) is 113 Å². The van der Waals surface area contributed by atoms with Gasteiger partial charge in [0.15, 0.2) is 17.1 Å². The number of ether oxygens (including phenoxy) is 2. The quantitative estimate of drug-likeness (QED) is 0.533. The first-order valence-corrected chi connectivity index (χ1v) is 11.3. The van der Waals surface area contributed by atoms with Gasteiger partial charge in [0.25, 0.3) is 0 Å². The lowest BCUT2D eigenvalue weighted by atomic mass is 10.1. The van der Waals surface area contributed by atoms with E-state index in [1.807, 2.05) is 30.5 Å². The maximum atomic E-state index is 9.10. The second-order valence-electron chi connectivity index (χ2n) is 7.87. The zero-order valence-corrected chi connectivity index (χ0v) is 19.2. The maximum absolute atomic E-state index is 9.10. The van der Waals surface area contributed by atoms with Crippen LogP contribution in [0.1, 0.15) is 5.56 Å². The second-order valence-corrected chi connectivity index (χ2v) is 8.27. The minimum Gasteiger partial charge on any atom is -0.486 e. The summed E-state index contributed by atoms with van der Waals surface area (Å²) in [5.74, 6) is -1.90. The van der Waals surface area contributed by atoms with Crippen molar-refractivity contribution in [2.45, 2.75) is 6.42 Å². The van der Waals surface area contributed by atoms with E-state index in [0.29, 0.717) is 18.2 Å². The molecule has 0 unspecified atom stereocenters. The van der Waals surface area contributed by atoms with Crippen LogP contribution in [0.4, 0.5) is 5.69 Å². The van der Waals surface area contributed by atoms with Gasteiger partial charge in [0, 0.05) is 38.1 Å². The number of rotatable bonds is 4. The van der Waals surface area contributed by atoms with Crippen molar-refractivity contribution in [1.29, 1.82) is 0 Å². The lowest BCUT2D eigenvalue weighted by Crippen LogP contribution is -2.47. The van der Waals surface area contributed by atoms with Crippen LogP contribution in [0, 0.1) is 0 Å². The zero-order valence-electron chi connectivity index (χ0n) is 18.4. The van der Waals surface area contributed by atoms with Crippen molar-refractivity contribution >= 4 is 40.2 Å². The Labute approximate surface area is 201 Å². The Hall–Kier alpha value is -3.43. The molecule has 2 aliphatic heterocycles. The molecule has 0 saturated carbocycles. The first-order valence-electron chi connectivity index (χ1n) is 10.9. The molecule has 0 atom stereocenters. The molecule has 3 heterocycles. The number of para-hydroxylation sites is 2. The standard InChI is InChI=1S/C22H23ClN2O3.C2H2O4/c23-18-4-1-3-17-16(15-28-21(17)18)7-8-24-9-11-25(12-10-24)19-5-2-6-20-22(19)27-14-13-26-20;3-1(4)2(5)6/h1-6,15H,7-14H2;(H,3,4)(H,5,6). The number of aliphatic carboxylic acids is 2. The molecule has 0 radical (unpaired) electrons. The van der Waals surface area contributed by atoms with Crippen molar-refractivity contribution in [3.63, 3.8) is 0 Å². The largest absolute Gasteiger partial charge is 0.486 e. The van der Waals surface area contributed by atoms with Crippen LogP contribution in [-0.4, -0.2) is 73.0 Å². The first-order chi connectivity index (χ1) is 16.4. The van der Waals surface area contributed by atoms with Crippen LogP contribution in [0.15, 0.2) is 47.1 Å². The van der Waals surface area contributed by atoms with Crippen molar-refractivity contribution in [2.24, 2.45) is 0 Å². The predicted molar refractivity (Wildman–Crippen MR) is 126 cm³/mol. The van der Waals surface area contributed by atoms with E-state index in [4.69, 9.17) is 45.3 Å². The number of carbonyl (C=O) groups is 2. The molecule has 1 fully saturated rings. The highest BCUT2D eigenvalue weighted by atomic mass is 35.5. The van der Waals surface area contributed by atoms with E-state index in [-0.39, 0.29) is 0 Å². The van der Waals surface area contributed by atoms with Crippen molar-refractivity contribution in [3.05, 3.63) is 53.2 Å². The van der Waals surface area contributed by atoms with Gasteiger partial charge in [0.2, 0.25) is 0 Å². The summed E-state index contributed by atoms with van der Waals surface area (Å²) in [4.78, 5) is 23.1. The lowest BCUT2D eigenvalue weighted by molar-refractivity contribution is -0.159. The molecule has 1 saturated heterocycles. The third kappa shape index (κ3) is 5.37. The average Bonchev–Trinajstić information content (AvgIpc) is 3.27. The fourth-order valence-corrected chi connectivity index (χ4v) is 4.29. The predicted octanol–water partition coefficient (Wildman–Crippen LogP) is 3.38. The maximum Gasteiger partial charge on any atom is 0.414 e. The van der Waals surface area contributed by atoms with Gasteiger partial charge in [0.1, 0.15) is 13.2 Å². The van der Waals surface area contributed by atoms with Gasteiger partial charge in [-0.25, -0.2) is 9.59 Å². The Morgan fingerprint density at radius 2 is 1.65 bits per heavy atom. The molecule has 2 aromatic carbocycles. The third-order valence-electron chi connectivity index (χ3n) is 5.77. The van der Waals surface area contributed by atoms with Gasteiger partial charge >= 0.3 is 11.9 Å². The molecule has 180 valence electrons. The molecule has 3 aromatic rings. The molecule has 5 rings (SSSR count). The number of anilines is 1. The van der Waals surface area contributed by atoms with Crippen LogP contribution in [0.3, 0.4) is 0 Å². The van der Waals surface area contributed by atoms with E-state index in [1.54, 1.807) is 0 Å². The number of benzene rings is 2. The zero-order chi connectivity index (χ0) is 24.1. The van der Waals surface area contributed by atoms with E-state index >= 15 is 0 Å². The average molecular weight is 489 g/mol. The van der Waals surface area contributed by atoms with E-state index in [1.165, 1.54) is 5.56 Å². The highest BCUT2D eigenvalue weighted by Gasteiger charge is 2.23. The minimum absolute atomic E-state index is 0.618. The van der Waals surface area contributed by atoms with E-state index < -0.39 is 11.9 Å². The van der Waals surface area contributed by atoms with Crippen LogP contribution in [-0.2, 0) is 16.0 Å². The number of carboxylic acid groups (broad SMARTS) is 2. The highest BCUT2D eigenvalue weighted by Crippen LogP contribution is 2.39. The third-order valence-corrected chi connectivity index (χ3v) is 6.07. The summed E-state index contributed by atoms with van der Waals surface area (Å²) >= 11 is 6.22. The Kier molecular flexibility index (Phi) is 7.44. The summed E-state index contributed by atoms with van der Waals surface area (Å²) in [5, 5.41) is 16.6. The fourth-order valence-electron chi connectivity index (χ4n) is 4.07. The molecule has 34 heavy (non-hydrogen) atoms.